The van der Waals surface area contributed by atoms with Crippen LogP contribution in [0.5, 0.6) is 0 Å². The number of aliphatic hydroxyl groups excluding tert-OH is 1. The second kappa shape index (κ2) is 9.25. The topological polar surface area (TPSA) is 128 Å². The van der Waals surface area contributed by atoms with E-state index in [1.165, 1.54) is 0 Å². The van der Waals surface area contributed by atoms with Crippen LogP contribution in [0.15, 0.2) is 18.2 Å². The lowest BCUT2D eigenvalue weighted by Gasteiger charge is -2.34. The molecule has 3 aliphatic heterocycles. The number of piperidine rings is 2. The lowest BCUT2D eigenvalue weighted by atomic mass is 9.97. The highest BCUT2D eigenvalue weighted by Crippen LogP contribution is 2.38. The Labute approximate surface area is 198 Å². The lowest BCUT2D eigenvalue weighted by molar-refractivity contribution is -0.139. The summed E-state index contributed by atoms with van der Waals surface area (Å²) in [6, 6.07) is 4.28. The molecule has 0 radical (unpaired) electrons. The third-order valence-electron chi connectivity index (χ3n) is 6.38. The van der Waals surface area contributed by atoms with Gasteiger partial charge in [0.05, 0.1) is 5.56 Å². The molecule has 3 unspecified atom stereocenters. The number of ether oxygens (including phenoxy) is 1. The van der Waals surface area contributed by atoms with E-state index in [0.29, 0.717) is 36.4 Å². The molecule has 2 fully saturated rings. The Morgan fingerprint density at radius 1 is 1.24 bits per heavy atom. The number of hydrogen-bond acceptors (Lipinski definition) is 7. The number of carbonyl (C=O) groups excluding carboxylic acids is 4. The SMILES string of the molecule is CC(C)(C)OC(=O)N1CCCC(CNc2cccc3c2C(=O)N(C2CCC(=O)NC2=O)C3O)C1. The molecule has 0 aliphatic carbocycles. The number of imide groups is 1. The van der Waals surface area contributed by atoms with Gasteiger partial charge >= 0.3 is 6.09 Å². The van der Waals surface area contributed by atoms with Crippen molar-refractivity contribution >= 4 is 29.5 Å². The Balaban J connectivity index is 1.44. The quantitative estimate of drug-likeness (QED) is 0.572. The van der Waals surface area contributed by atoms with E-state index in [1.807, 2.05) is 20.8 Å². The molecule has 1 aromatic rings. The monoisotopic (exact) mass is 472 g/mol. The van der Waals surface area contributed by atoms with Crippen LogP contribution in [0.4, 0.5) is 10.5 Å². The van der Waals surface area contributed by atoms with Gasteiger partial charge in [-0.2, -0.15) is 0 Å². The minimum atomic E-state index is -1.26. The predicted molar refractivity (Wildman–Crippen MR) is 123 cm³/mol. The molecule has 0 bridgehead atoms. The third-order valence-corrected chi connectivity index (χ3v) is 6.38. The summed E-state index contributed by atoms with van der Waals surface area (Å²) in [5.41, 5.74) is 0.784. The molecule has 184 valence electrons. The van der Waals surface area contributed by atoms with Crippen LogP contribution in [0.25, 0.3) is 0 Å². The first kappa shape index (κ1) is 24.0. The predicted octanol–water partition coefficient (Wildman–Crippen LogP) is 2.00. The Hall–Kier alpha value is -3.14. The Morgan fingerprint density at radius 3 is 2.71 bits per heavy atom. The molecule has 0 aromatic heterocycles. The van der Waals surface area contributed by atoms with Gasteiger partial charge in [0.15, 0.2) is 6.23 Å². The Kier molecular flexibility index (Phi) is 6.53. The summed E-state index contributed by atoms with van der Waals surface area (Å²) in [6.07, 6.45) is 0.498. The number of aliphatic hydroxyl groups is 1. The number of benzene rings is 1. The van der Waals surface area contributed by atoms with Gasteiger partial charge in [-0.1, -0.05) is 12.1 Å². The molecule has 3 N–H and O–H groups in total. The summed E-state index contributed by atoms with van der Waals surface area (Å²) >= 11 is 0. The number of fused-ring (bicyclic) bond motifs is 1. The summed E-state index contributed by atoms with van der Waals surface area (Å²) in [6.45, 7) is 7.26. The van der Waals surface area contributed by atoms with E-state index in [2.05, 4.69) is 10.6 Å². The average molecular weight is 473 g/mol. The standard InChI is InChI=1S/C24H32N4O6/c1-24(2,3)34-23(33)27-11-5-6-14(13-27)12-25-16-8-4-7-15-19(16)22(32)28(21(15)31)17-9-10-18(29)26-20(17)30/h4,7-8,14,17,21,25,31H,5-6,9-13H2,1-3H3,(H,26,29,30). The first-order chi connectivity index (χ1) is 16.0. The van der Waals surface area contributed by atoms with Crippen LogP contribution >= 0.6 is 0 Å². The number of nitrogens with one attached hydrogen (secondary N) is 2. The molecule has 1 aromatic carbocycles. The molecular formula is C24H32N4O6. The largest absolute Gasteiger partial charge is 0.444 e. The number of likely N-dealkylation sites (tertiary alicyclic amines) is 1. The highest BCUT2D eigenvalue weighted by molar-refractivity contribution is 6.08. The van der Waals surface area contributed by atoms with Gasteiger partial charge in [-0.25, -0.2) is 4.79 Å². The maximum absolute atomic E-state index is 13.3. The molecule has 3 heterocycles. The van der Waals surface area contributed by atoms with Crippen molar-refractivity contribution in [3.8, 4) is 0 Å². The first-order valence-corrected chi connectivity index (χ1v) is 11.7. The lowest BCUT2D eigenvalue weighted by Crippen LogP contribution is -2.53. The number of amides is 4. The fourth-order valence-corrected chi connectivity index (χ4v) is 4.80. The number of rotatable bonds is 4. The third kappa shape index (κ3) is 4.86. The second-order valence-electron chi connectivity index (χ2n) is 10.1. The zero-order chi connectivity index (χ0) is 24.6. The maximum atomic E-state index is 13.3. The minimum Gasteiger partial charge on any atom is -0.444 e. The van der Waals surface area contributed by atoms with E-state index in [0.717, 1.165) is 17.7 Å². The van der Waals surface area contributed by atoms with Crippen molar-refractivity contribution in [2.45, 2.75) is 64.3 Å². The van der Waals surface area contributed by atoms with Gasteiger partial charge < -0.3 is 20.1 Å². The summed E-state index contributed by atoms with van der Waals surface area (Å²) in [5.74, 6) is -1.23. The van der Waals surface area contributed by atoms with E-state index in [9.17, 15) is 24.3 Å². The fourth-order valence-electron chi connectivity index (χ4n) is 4.80. The highest BCUT2D eigenvalue weighted by Gasteiger charge is 2.45. The van der Waals surface area contributed by atoms with Crippen molar-refractivity contribution in [1.29, 1.82) is 0 Å². The number of hydrogen-bond donors (Lipinski definition) is 3. The molecule has 34 heavy (non-hydrogen) atoms. The van der Waals surface area contributed by atoms with Crippen LogP contribution in [0, 0.1) is 5.92 Å². The molecular weight excluding hydrogens is 440 g/mol. The Morgan fingerprint density at radius 2 is 2.00 bits per heavy atom. The van der Waals surface area contributed by atoms with Crippen molar-refractivity contribution in [1.82, 2.24) is 15.1 Å². The molecule has 0 spiro atoms. The van der Waals surface area contributed by atoms with Crippen molar-refractivity contribution in [3.63, 3.8) is 0 Å². The van der Waals surface area contributed by atoms with Crippen molar-refractivity contribution < 1.29 is 29.0 Å². The highest BCUT2D eigenvalue weighted by atomic mass is 16.6. The molecule has 3 aliphatic rings. The summed E-state index contributed by atoms with van der Waals surface area (Å²) in [7, 11) is 0. The van der Waals surface area contributed by atoms with Gasteiger partial charge in [0, 0.05) is 37.3 Å². The van der Waals surface area contributed by atoms with Gasteiger partial charge in [-0.15, -0.1) is 0 Å². The van der Waals surface area contributed by atoms with Crippen LogP contribution in [-0.4, -0.2) is 70.0 Å². The van der Waals surface area contributed by atoms with E-state index in [-0.39, 0.29) is 30.8 Å². The summed E-state index contributed by atoms with van der Waals surface area (Å²) in [4.78, 5) is 52.4. The van der Waals surface area contributed by atoms with E-state index < -0.39 is 29.7 Å². The van der Waals surface area contributed by atoms with Crippen LogP contribution in [-0.2, 0) is 14.3 Å². The van der Waals surface area contributed by atoms with Gasteiger partial charge in [0.2, 0.25) is 11.8 Å². The van der Waals surface area contributed by atoms with Crippen molar-refractivity contribution in [2.75, 3.05) is 25.0 Å². The van der Waals surface area contributed by atoms with E-state index >= 15 is 0 Å². The van der Waals surface area contributed by atoms with E-state index in [1.54, 1.807) is 23.1 Å². The molecule has 3 atom stereocenters. The zero-order valence-electron chi connectivity index (χ0n) is 19.8. The normalized spacial score (nSPS) is 25.2. The van der Waals surface area contributed by atoms with Crippen molar-refractivity contribution in [2.24, 2.45) is 5.92 Å². The summed E-state index contributed by atoms with van der Waals surface area (Å²) < 4.78 is 5.49. The molecule has 10 nitrogen and oxygen atoms in total. The van der Waals surface area contributed by atoms with Gasteiger partial charge in [0.25, 0.3) is 5.91 Å². The molecule has 4 rings (SSSR count). The van der Waals surface area contributed by atoms with Gasteiger partial charge in [-0.3, -0.25) is 24.6 Å². The van der Waals surface area contributed by atoms with Crippen LogP contribution in [0.2, 0.25) is 0 Å². The maximum Gasteiger partial charge on any atom is 0.410 e. The number of nitrogens with zero attached hydrogens (tertiary/aromatic N) is 2. The molecule has 2 saturated heterocycles. The molecule has 0 saturated carbocycles. The second-order valence-corrected chi connectivity index (χ2v) is 10.1. The van der Waals surface area contributed by atoms with Crippen LogP contribution in [0.1, 0.15) is 68.6 Å². The Bertz CT molecular complexity index is 1000. The first-order valence-electron chi connectivity index (χ1n) is 11.7. The van der Waals surface area contributed by atoms with Gasteiger partial charge in [0.1, 0.15) is 11.6 Å². The summed E-state index contributed by atoms with van der Waals surface area (Å²) in [5, 5.41) is 16.4. The zero-order valence-corrected chi connectivity index (χ0v) is 19.8. The molecule has 4 amide bonds. The van der Waals surface area contributed by atoms with Gasteiger partial charge in [-0.05, 0) is 52.0 Å². The minimum absolute atomic E-state index is 0.115. The van der Waals surface area contributed by atoms with Crippen LogP contribution in [0.3, 0.4) is 0 Å². The average Bonchev–Trinajstić information content (AvgIpc) is 3.02. The smallest absolute Gasteiger partial charge is 0.410 e. The fraction of sp³-hybridized carbons (Fsp3) is 0.583. The van der Waals surface area contributed by atoms with Crippen molar-refractivity contribution in [3.05, 3.63) is 29.3 Å². The number of anilines is 1. The number of carbonyl (C=O) groups is 4. The van der Waals surface area contributed by atoms with E-state index in [4.69, 9.17) is 4.74 Å². The molecule has 10 heteroatoms. The van der Waals surface area contributed by atoms with Crippen LogP contribution < -0.4 is 10.6 Å².